The molecule has 0 aliphatic rings. The molecule has 2 aromatic carbocycles. The number of thiophene rings is 1. The highest BCUT2D eigenvalue weighted by molar-refractivity contribution is 7.12. The number of halogens is 1. The fourth-order valence-electron chi connectivity index (χ4n) is 3.59. The smallest absolute Gasteiger partial charge is 0.264 e. The third kappa shape index (κ3) is 4.13. The minimum atomic E-state index is -0.309. The van der Waals surface area contributed by atoms with Crippen molar-refractivity contribution in [3.05, 3.63) is 106 Å². The molecule has 0 N–H and O–H groups in total. The Balaban J connectivity index is 1.54. The highest BCUT2D eigenvalue weighted by atomic mass is 32.1. The molecule has 0 saturated carbocycles. The molecule has 5 aromatic rings. The molecule has 3 aromatic heterocycles. The molecule has 8 heteroatoms. The second kappa shape index (κ2) is 8.68. The standard InChI is InChI=1S/C24H18FN5OS/c25-21-10-8-17(9-11-21)14-29(24(31)22-7-4-12-32-22)15-20-13-19(18-5-2-1-3-6-18)16-30-23(20)26-27-28-30/h1-13,16H,14-15H2. The highest BCUT2D eigenvalue weighted by Crippen LogP contribution is 2.24. The molecular weight excluding hydrogens is 425 g/mol. The van der Waals surface area contributed by atoms with Crippen LogP contribution in [0.5, 0.6) is 0 Å². The monoisotopic (exact) mass is 443 g/mol. The quantitative estimate of drug-likeness (QED) is 0.377. The average molecular weight is 444 g/mol. The van der Waals surface area contributed by atoms with Gasteiger partial charge in [0.05, 0.1) is 11.4 Å². The Hall–Kier alpha value is -3.91. The lowest BCUT2D eigenvalue weighted by atomic mass is 10.1. The first-order chi connectivity index (χ1) is 15.7. The Morgan fingerprint density at radius 1 is 0.969 bits per heavy atom. The normalized spacial score (nSPS) is 11.0. The van der Waals surface area contributed by atoms with Crippen LogP contribution in [-0.4, -0.2) is 30.8 Å². The van der Waals surface area contributed by atoms with Crippen LogP contribution in [-0.2, 0) is 13.1 Å². The van der Waals surface area contributed by atoms with E-state index in [1.807, 2.05) is 54.0 Å². The van der Waals surface area contributed by atoms with E-state index in [-0.39, 0.29) is 11.7 Å². The second-order valence-electron chi connectivity index (χ2n) is 7.33. The second-order valence-corrected chi connectivity index (χ2v) is 8.28. The van der Waals surface area contributed by atoms with E-state index in [1.165, 1.54) is 23.5 Å². The summed E-state index contributed by atoms with van der Waals surface area (Å²) in [5.41, 5.74) is 4.23. The van der Waals surface area contributed by atoms with Crippen LogP contribution in [0.3, 0.4) is 0 Å². The van der Waals surface area contributed by atoms with Gasteiger partial charge in [-0.05, 0) is 51.2 Å². The maximum absolute atomic E-state index is 13.4. The van der Waals surface area contributed by atoms with Crippen LogP contribution in [0.4, 0.5) is 4.39 Å². The lowest BCUT2D eigenvalue weighted by Crippen LogP contribution is -2.30. The summed E-state index contributed by atoms with van der Waals surface area (Å²) in [5, 5.41) is 13.9. The van der Waals surface area contributed by atoms with E-state index in [9.17, 15) is 9.18 Å². The van der Waals surface area contributed by atoms with E-state index in [2.05, 4.69) is 15.5 Å². The molecule has 0 radical (unpaired) electrons. The van der Waals surface area contributed by atoms with E-state index in [0.29, 0.717) is 23.6 Å². The zero-order valence-corrected chi connectivity index (χ0v) is 17.7. The number of amides is 1. The number of aromatic nitrogens is 4. The molecular formula is C24H18FN5OS. The van der Waals surface area contributed by atoms with Gasteiger partial charge in [-0.25, -0.2) is 4.39 Å². The number of hydrogen-bond donors (Lipinski definition) is 0. The van der Waals surface area contributed by atoms with Crippen LogP contribution >= 0.6 is 11.3 Å². The third-order valence-electron chi connectivity index (χ3n) is 5.15. The predicted octanol–water partition coefficient (Wildman–Crippen LogP) is 4.83. The van der Waals surface area contributed by atoms with Gasteiger partial charge in [0.15, 0.2) is 5.65 Å². The van der Waals surface area contributed by atoms with Crippen molar-refractivity contribution in [2.24, 2.45) is 0 Å². The Morgan fingerprint density at radius 3 is 2.53 bits per heavy atom. The molecule has 158 valence electrons. The van der Waals surface area contributed by atoms with E-state index >= 15 is 0 Å². The molecule has 0 atom stereocenters. The summed E-state index contributed by atoms with van der Waals surface area (Å²) in [6.45, 7) is 0.638. The molecule has 0 fully saturated rings. The van der Waals surface area contributed by atoms with Crippen LogP contribution in [0.2, 0.25) is 0 Å². The zero-order chi connectivity index (χ0) is 21.9. The first kappa shape index (κ1) is 20.0. The molecule has 0 aliphatic heterocycles. The largest absolute Gasteiger partial charge is 0.329 e. The molecule has 5 rings (SSSR count). The lowest BCUT2D eigenvalue weighted by Gasteiger charge is -2.23. The van der Waals surface area contributed by atoms with Crippen LogP contribution in [0.25, 0.3) is 16.8 Å². The van der Waals surface area contributed by atoms with E-state index in [0.717, 1.165) is 22.3 Å². The minimum Gasteiger partial charge on any atom is -0.329 e. The molecule has 0 unspecified atom stereocenters. The fourth-order valence-corrected chi connectivity index (χ4v) is 4.28. The maximum Gasteiger partial charge on any atom is 0.264 e. The predicted molar refractivity (Wildman–Crippen MR) is 121 cm³/mol. The number of pyridine rings is 1. The van der Waals surface area contributed by atoms with Crippen molar-refractivity contribution >= 4 is 22.9 Å². The molecule has 3 heterocycles. The van der Waals surface area contributed by atoms with Gasteiger partial charge in [0.2, 0.25) is 0 Å². The van der Waals surface area contributed by atoms with Crippen LogP contribution in [0.1, 0.15) is 20.8 Å². The van der Waals surface area contributed by atoms with Gasteiger partial charge in [-0.15, -0.1) is 16.4 Å². The SMILES string of the molecule is O=C(c1cccs1)N(Cc1ccc(F)cc1)Cc1cc(-c2ccccc2)cn2nnnc12. The van der Waals surface area contributed by atoms with Crippen LogP contribution < -0.4 is 0 Å². The number of carbonyl (C=O) groups is 1. The minimum absolute atomic E-state index is 0.0972. The summed E-state index contributed by atoms with van der Waals surface area (Å²) in [7, 11) is 0. The Kier molecular flexibility index (Phi) is 5.43. The summed E-state index contributed by atoms with van der Waals surface area (Å²) < 4.78 is 15.0. The van der Waals surface area contributed by atoms with Gasteiger partial charge >= 0.3 is 0 Å². The van der Waals surface area contributed by atoms with Gasteiger partial charge < -0.3 is 4.90 Å². The maximum atomic E-state index is 13.4. The Bertz CT molecular complexity index is 1350. The number of fused-ring (bicyclic) bond motifs is 1. The van der Waals surface area contributed by atoms with Gasteiger partial charge in [0.25, 0.3) is 5.91 Å². The number of rotatable bonds is 6. The molecule has 0 bridgehead atoms. The summed E-state index contributed by atoms with van der Waals surface area (Å²) in [5.74, 6) is -0.406. The first-order valence-electron chi connectivity index (χ1n) is 10.0. The zero-order valence-electron chi connectivity index (χ0n) is 16.9. The van der Waals surface area contributed by atoms with Crippen molar-refractivity contribution < 1.29 is 9.18 Å². The number of benzene rings is 2. The van der Waals surface area contributed by atoms with Crippen molar-refractivity contribution in [3.63, 3.8) is 0 Å². The summed E-state index contributed by atoms with van der Waals surface area (Å²) in [4.78, 5) is 15.7. The molecule has 0 spiro atoms. The van der Waals surface area contributed by atoms with Gasteiger partial charge in [-0.2, -0.15) is 4.52 Å². The van der Waals surface area contributed by atoms with Gasteiger partial charge in [0, 0.05) is 23.9 Å². The molecule has 1 amide bonds. The summed E-state index contributed by atoms with van der Waals surface area (Å²) in [6.07, 6.45) is 1.87. The van der Waals surface area contributed by atoms with Gasteiger partial charge in [-0.3, -0.25) is 4.79 Å². The molecule has 0 aliphatic carbocycles. The van der Waals surface area contributed by atoms with Crippen molar-refractivity contribution in [2.75, 3.05) is 0 Å². The molecule has 32 heavy (non-hydrogen) atoms. The highest BCUT2D eigenvalue weighted by Gasteiger charge is 2.20. The summed E-state index contributed by atoms with van der Waals surface area (Å²) in [6, 6.07) is 21.8. The van der Waals surface area contributed by atoms with Crippen molar-refractivity contribution in [1.82, 2.24) is 24.9 Å². The van der Waals surface area contributed by atoms with Gasteiger partial charge in [0.1, 0.15) is 5.82 Å². The Labute approximate surface area is 187 Å². The third-order valence-corrected chi connectivity index (χ3v) is 6.00. The van der Waals surface area contributed by atoms with E-state index in [1.54, 1.807) is 27.6 Å². The number of carbonyl (C=O) groups excluding carboxylic acids is 1. The molecule has 6 nitrogen and oxygen atoms in total. The van der Waals surface area contributed by atoms with E-state index in [4.69, 9.17) is 0 Å². The molecule has 0 saturated heterocycles. The van der Waals surface area contributed by atoms with Crippen LogP contribution in [0.15, 0.2) is 84.4 Å². The van der Waals surface area contributed by atoms with E-state index < -0.39 is 0 Å². The first-order valence-corrected chi connectivity index (χ1v) is 10.9. The van der Waals surface area contributed by atoms with Gasteiger partial charge in [-0.1, -0.05) is 48.5 Å². The number of nitrogens with zero attached hydrogens (tertiary/aromatic N) is 5. The van der Waals surface area contributed by atoms with Crippen molar-refractivity contribution in [3.8, 4) is 11.1 Å². The van der Waals surface area contributed by atoms with Crippen molar-refractivity contribution in [1.29, 1.82) is 0 Å². The average Bonchev–Trinajstić information content (AvgIpc) is 3.52. The topological polar surface area (TPSA) is 63.4 Å². The summed E-state index contributed by atoms with van der Waals surface area (Å²) >= 11 is 1.39. The fraction of sp³-hybridized carbons (Fsp3) is 0.0833. The van der Waals surface area contributed by atoms with Crippen molar-refractivity contribution in [2.45, 2.75) is 13.1 Å². The van der Waals surface area contributed by atoms with Crippen LogP contribution in [0, 0.1) is 5.82 Å². The number of hydrogen-bond acceptors (Lipinski definition) is 5. The Morgan fingerprint density at radius 2 is 1.78 bits per heavy atom. The lowest BCUT2D eigenvalue weighted by molar-refractivity contribution is 0.0735. The number of tetrazole rings is 1.